The molecule has 1 aromatic rings. The summed E-state index contributed by atoms with van der Waals surface area (Å²) in [7, 11) is 0. The Kier molecular flexibility index (Phi) is 2.32. The first-order chi connectivity index (χ1) is 7.09. The van der Waals surface area contributed by atoms with Crippen LogP contribution in [0.15, 0.2) is 18.2 Å². The molecule has 1 aliphatic carbocycles. The summed E-state index contributed by atoms with van der Waals surface area (Å²) >= 11 is 0. The van der Waals surface area contributed by atoms with Crippen molar-refractivity contribution in [2.24, 2.45) is 11.7 Å². The number of phenolic OH excluding ortho intramolecular Hbond substituents is 1. The van der Waals surface area contributed by atoms with E-state index >= 15 is 0 Å². The fraction of sp³-hybridized carbons (Fsp3) is 0.400. The highest BCUT2D eigenvalue weighted by Gasteiger charge is 2.31. The number of nitro benzene ring substituents is 1. The first kappa shape index (κ1) is 9.92. The van der Waals surface area contributed by atoms with Gasteiger partial charge < -0.3 is 10.8 Å². The first-order valence-electron chi connectivity index (χ1n) is 4.82. The van der Waals surface area contributed by atoms with Gasteiger partial charge in [-0.2, -0.15) is 0 Å². The number of hydrogen-bond acceptors (Lipinski definition) is 4. The van der Waals surface area contributed by atoms with E-state index in [4.69, 9.17) is 5.73 Å². The van der Waals surface area contributed by atoms with Gasteiger partial charge in [0.25, 0.3) is 5.69 Å². The Morgan fingerprint density at radius 3 is 2.73 bits per heavy atom. The van der Waals surface area contributed by atoms with Gasteiger partial charge in [0.15, 0.2) is 0 Å². The van der Waals surface area contributed by atoms with Crippen LogP contribution < -0.4 is 5.73 Å². The number of hydrogen-bond donors (Lipinski definition) is 2. The molecule has 3 N–H and O–H groups in total. The molecule has 2 rings (SSSR count). The minimum atomic E-state index is -0.484. The van der Waals surface area contributed by atoms with Crippen molar-refractivity contribution in [2.45, 2.75) is 18.9 Å². The zero-order valence-corrected chi connectivity index (χ0v) is 8.09. The first-order valence-corrected chi connectivity index (χ1v) is 4.82. The van der Waals surface area contributed by atoms with E-state index in [9.17, 15) is 15.2 Å². The Bertz CT molecular complexity index is 402. The third-order valence-electron chi connectivity index (χ3n) is 2.71. The molecular formula is C10H12N2O3. The summed E-state index contributed by atoms with van der Waals surface area (Å²) in [5, 5.41) is 20.1. The minimum Gasteiger partial charge on any atom is -0.508 e. The molecule has 80 valence electrons. The SMILES string of the molecule is N[C@@H](c1cc([N+](=O)[O-])ccc1O)C1CC1. The van der Waals surface area contributed by atoms with Gasteiger partial charge in [-0.05, 0) is 24.8 Å². The van der Waals surface area contributed by atoms with E-state index in [0.717, 1.165) is 12.8 Å². The summed E-state index contributed by atoms with van der Waals surface area (Å²) in [6.45, 7) is 0. The van der Waals surface area contributed by atoms with E-state index in [2.05, 4.69) is 0 Å². The maximum absolute atomic E-state index is 10.6. The van der Waals surface area contributed by atoms with Crippen LogP contribution in [0.5, 0.6) is 5.75 Å². The van der Waals surface area contributed by atoms with Gasteiger partial charge >= 0.3 is 0 Å². The monoisotopic (exact) mass is 208 g/mol. The highest BCUT2D eigenvalue weighted by Crippen LogP contribution is 2.42. The highest BCUT2D eigenvalue weighted by molar-refractivity contribution is 5.45. The molecule has 0 aromatic heterocycles. The number of aromatic hydroxyl groups is 1. The van der Waals surface area contributed by atoms with Gasteiger partial charge in [0.1, 0.15) is 5.75 Å². The van der Waals surface area contributed by atoms with Crippen LogP contribution >= 0.6 is 0 Å². The summed E-state index contributed by atoms with van der Waals surface area (Å²) in [5.74, 6) is 0.401. The van der Waals surface area contributed by atoms with Crippen molar-refractivity contribution in [1.29, 1.82) is 0 Å². The summed E-state index contributed by atoms with van der Waals surface area (Å²) in [6, 6.07) is 3.68. The lowest BCUT2D eigenvalue weighted by atomic mass is 10.0. The van der Waals surface area contributed by atoms with E-state index in [1.807, 2.05) is 0 Å². The molecule has 5 nitrogen and oxygen atoms in total. The molecule has 0 amide bonds. The molecule has 0 unspecified atom stereocenters. The molecule has 0 heterocycles. The topological polar surface area (TPSA) is 89.4 Å². The Labute approximate surface area is 86.7 Å². The lowest BCUT2D eigenvalue weighted by Gasteiger charge is -2.11. The van der Waals surface area contributed by atoms with Crippen molar-refractivity contribution >= 4 is 5.69 Å². The van der Waals surface area contributed by atoms with Crippen molar-refractivity contribution in [3.05, 3.63) is 33.9 Å². The summed E-state index contributed by atoms with van der Waals surface area (Å²) in [5.41, 5.74) is 6.34. The lowest BCUT2D eigenvalue weighted by Crippen LogP contribution is -2.12. The number of non-ortho nitro benzene ring substituents is 1. The summed E-state index contributed by atoms with van der Waals surface area (Å²) < 4.78 is 0. The van der Waals surface area contributed by atoms with Crippen molar-refractivity contribution < 1.29 is 10.0 Å². The van der Waals surface area contributed by atoms with Crippen molar-refractivity contribution in [3.63, 3.8) is 0 Å². The summed E-state index contributed by atoms with van der Waals surface area (Å²) in [4.78, 5) is 10.1. The normalized spacial score (nSPS) is 17.4. The highest BCUT2D eigenvalue weighted by atomic mass is 16.6. The zero-order valence-electron chi connectivity index (χ0n) is 8.09. The number of benzene rings is 1. The van der Waals surface area contributed by atoms with E-state index in [-0.39, 0.29) is 17.5 Å². The Hall–Kier alpha value is -1.62. The average Bonchev–Trinajstić information content (AvgIpc) is 3.00. The molecule has 5 heteroatoms. The van der Waals surface area contributed by atoms with Gasteiger partial charge in [-0.3, -0.25) is 10.1 Å². The fourth-order valence-corrected chi connectivity index (χ4v) is 1.63. The van der Waals surface area contributed by atoms with Crippen molar-refractivity contribution in [1.82, 2.24) is 0 Å². The van der Waals surface area contributed by atoms with Crippen LogP contribution in [-0.4, -0.2) is 10.0 Å². The molecule has 1 fully saturated rings. The number of phenols is 1. The van der Waals surface area contributed by atoms with Crippen LogP contribution in [0.2, 0.25) is 0 Å². The molecule has 1 aliphatic rings. The molecule has 1 atom stereocenters. The third kappa shape index (κ3) is 1.92. The molecule has 1 saturated carbocycles. The lowest BCUT2D eigenvalue weighted by molar-refractivity contribution is -0.385. The minimum absolute atomic E-state index is 0.0288. The molecule has 15 heavy (non-hydrogen) atoms. The second-order valence-electron chi connectivity index (χ2n) is 3.86. The van der Waals surface area contributed by atoms with Crippen molar-refractivity contribution in [2.75, 3.05) is 0 Å². The maximum atomic E-state index is 10.6. The molecule has 0 bridgehead atoms. The van der Waals surface area contributed by atoms with Crippen LogP contribution in [0.3, 0.4) is 0 Å². The fourth-order valence-electron chi connectivity index (χ4n) is 1.63. The Morgan fingerprint density at radius 1 is 1.53 bits per heavy atom. The number of nitrogens with zero attached hydrogens (tertiary/aromatic N) is 1. The van der Waals surface area contributed by atoms with Crippen LogP contribution in [0.1, 0.15) is 24.4 Å². The van der Waals surface area contributed by atoms with Crippen LogP contribution in [0.25, 0.3) is 0 Å². The maximum Gasteiger partial charge on any atom is 0.270 e. The summed E-state index contributed by atoms with van der Waals surface area (Å²) in [6.07, 6.45) is 2.06. The largest absolute Gasteiger partial charge is 0.508 e. The second-order valence-corrected chi connectivity index (χ2v) is 3.86. The smallest absolute Gasteiger partial charge is 0.270 e. The molecule has 0 saturated heterocycles. The molecule has 1 aromatic carbocycles. The van der Waals surface area contributed by atoms with E-state index in [1.165, 1.54) is 18.2 Å². The Balaban J connectivity index is 2.35. The quantitative estimate of drug-likeness (QED) is 0.584. The van der Waals surface area contributed by atoms with Gasteiger partial charge in [-0.15, -0.1) is 0 Å². The van der Waals surface area contributed by atoms with Gasteiger partial charge in [-0.25, -0.2) is 0 Å². The van der Waals surface area contributed by atoms with Gasteiger partial charge in [0.05, 0.1) is 4.92 Å². The second kappa shape index (κ2) is 3.51. The molecule has 0 radical (unpaired) electrons. The van der Waals surface area contributed by atoms with E-state index < -0.39 is 4.92 Å². The number of nitro groups is 1. The van der Waals surface area contributed by atoms with Crippen LogP contribution in [0, 0.1) is 16.0 Å². The average molecular weight is 208 g/mol. The van der Waals surface area contributed by atoms with Crippen LogP contribution in [-0.2, 0) is 0 Å². The standard InChI is InChI=1S/C10H12N2O3/c11-10(6-1-2-6)8-5-7(12(14)15)3-4-9(8)13/h3-6,10,13H,1-2,11H2/t10-/m1/s1. The molecular weight excluding hydrogens is 196 g/mol. The van der Waals surface area contributed by atoms with Gasteiger partial charge in [-0.1, -0.05) is 0 Å². The molecule has 0 aliphatic heterocycles. The number of nitrogens with two attached hydrogens (primary N) is 1. The molecule has 0 spiro atoms. The van der Waals surface area contributed by atoms with Crippen molar-refractivity contribution in [3.8, 4) is 5.75 Å². The number of rotatable bonds is 3. The van der Waals surface area contributed by atoms with Gasteiger partial charge in [0, 0.05) is 23.7 Å². The predicted molar refractivity (Wildman–Crippen MR) is 54.4 cm³/mol. The Morgan fingerprint density at radius 2 is 2.20 bits per heavy atom. The zero-order chi connectivity index (χ0) is 11.0. The predicted octanol–water partition coefficient (Wildman–Crippen LogP) is 1.71. The van der Waals surface area contributed by atoms with E-state index in [1.54, 1.807) is 0 Å². The third-order valence-corrected chi connectivity index (χ3v) is 2.71. The van der Waals surface area contributed by atoms with Crippen LogP contribution in [0.4, 0.5) is 5.69 Å². The van der Waals surface area contributed by atoms with Gasteiger partial charge in [0.2, 0.25) is 0 Å². The van der Waals surface area contributed by atoms with E-state index in [0.29, 0.717) is 11.5 Å².